The number of hydrogen-bond donors (Lipinski definition) is 6. The van der Waals surface area contributed by atoms with Gasteiger partial charge in [-0.2, -0.15) is 0 Å². The summed E-state index contributed by atoms with van der Waals surface area (Å²) in [6.07, 6.45) is -7.77. The molecule has 0 radical (unpaired) electrons. The van der Waals surface area contributed by atoms with Crippen LogP contribution in [-0.2, 0) is 9.53 Å². The molecule has 0 saturated carbocycles. The maximum atomic E-state index is 10.5. The maximum absolute atomic E-state index is 10.5. The lowest BCUT2D eigenvalue weighted by Gasteiger charge is -2.30. The molecular weight excluding hydrogens is 236 g/mol. The minimum Gasteiger partial charge on any atom is -0.479 e. The Hall–Kier alpha value is -0.770. The molecular formula is C9H18O8. The molecule has 0 spiro atoms. The summed E-state index contributed by atoms with van der Waals surface area (Å²) in [6, 6.07) is 0. The van der Waals surface area contributed by atoms with Crippen LogP contribution in [-0.4, -0.2) is 80.3 Å². The minimum atomic E-state index is -1.72. The first-order valence-corrected chi connectivity index (χ1v) is 4.99. The van der Waals surface area contributed by atoms with E-state index in [2.05, 4.69) is 0 Å². The molecule has 0 aromatic carbocycles. The minimum absolute atomic E-state index is 0.786. The molecule has 0 fully saturated rings. The predicted octanol–water partition coefficient (Wildman–Crippen LogP) is -3.09. The quantitative estimate of drug-likeness (QED) is 0.267. The first kappa shape index (κ1) is 16.2. The number of carboxylic acid groups (broad SMARTS) is 1. The van der Waals surface area contributed by atoms with E-state index in [1.165, 1.54) is 0 Å². The Morgan fingerprint density at radius 1 is 1.12 bits per heavy atom. The van der Waals surface area contributed by atoms with E-state index >= 15 is 0 Å². The fourth-order valence-electron chi connectivity index (χ4n) is 1.12. The average Bonchev–Trinajstić information content (AvgIpc) is 2.32. The molecule has 0 aliphatic heterocycles. The molecule has 0 aliphatic rings. The van der Waals surface area contributed by atoms with Crippen molar-refractivity contribution < 1.29 is 40.2 Å². The smallest absolute Gasteiger partial charge is 0.332 e. The van der Waals surface area contributed by atoms with Crippen LogP contribution in [0.15, 0.2) is 0 Å². The zero-order chi connectivity index (χ0) is 13.6. The molecule has 0 rings (SSSR count). The number of rotatable bonds is 8. The Balaban J connectivity index is 4.69. The topological polar surface area (TPSA) is 148 Å². The largest absolute Gasteiger partial charge is 0.479 e. The molecule has 0 bridgehead atoms. The Kier molecular flexibility index (Phi) is 7.19. The van der Waals surface area contributed by atoms with E-state index in [4.69, 9.17) is 20.1 Å². The standard InChI is InChI=1S/C9H18O8/c1-4(9(15)16)17-8(6(13)3-11)7(14)5(12)2-10/h4-8,10-14H,2-3H2,1H3,(H,15,16)/t4-,5+,6-,7+,8+/m0/s1. The Morgan fingerprint density at radius 2 is 1.59 bits per heavy atom. The van der Waals surface area contributed by atoms with Crippen LogP contribution in [0, 0.1) is 0 Å². The molecule has 0 unspecified atom stereocenters. The third-order valence-corrected chi connectivity index (χ3v) is 2.19. The van der Waals surface area contributed by atoms with Gasteiger partial charge in [0.05, 0.1) is 13.2 Å². The van der Waals surface area contributed by atoms with Crippen molar-refractivity contribution in [1.82, 2.24) is 0 Å². The second kappa shape index (κ2) is 7.54. The summed E-state index contributed by atoms with van der Waals surface area (Å²) in [5, 5.41) is 54.0. The molecule has 0 aromatic rings. The lowest BCUT2D eigenvalue weighted by Crippen LogP contribution is -2.50. The van der Waals surface area contributed by atoms with E-state index in [0.29, 0.717) is 0 Å². The van der Waals surface area contributed by atoms with Crippen LogP contribution < -0.4 is 0 Å². The van der Waals surface area contributed by atoms with Crippen molar-refractivity contribution in [2.45, 2.75) is 37.4 Å². The van der Waals surface area contributed by atoms with Crippen LogP contribution in [0.2, 0.25) is 0 Å². The summed E-state index contributed by atoms with van der Waals surface area (Å²) in [6.45, 7) is -0.412. The van der Waals surface area contributed by atoms with E-state index in [1.807, 2.05) is 0 Å². The van der Waals surface area contributed by atoms with Gasteiger partial charge in [-0.3, -0.25) is 0 Å². The van der Waals surface area contributed by atoms with Crippen LogP contribution in [0.5, 0.6) is 0 Å². The summed E-state index contributed by atoms with van der Waals surface area (Å²) in [5.74, 6) is -1.33. The van der Waals surface area contributed by atoms with Gasteiger partial charge in [0, 0.05) is 0 Å². The van der Waals surface area contributed by atoms with Crippen LogP contribution in [0.4, 0.5) is 0 Å². The number of ether oxygens (including phenoxy) is 1. The lowest BCUT2D eigenvalue weighted by molar-refractivity contribution is -0.182. The number of hydrogen-bond acceptors (Lipinski definition) is 7. The summed E-state index contributed by atoms with van der Waals surface area (Å²) in [5.41, 5.74) is 0. The third-order valence-electron chi connectivity index (χ3n) is 2.19. The van der Waals surface area contributed by atoms with Crippen molar-refractivity contribution in [2.75, 3.05) is 13.2 Å². The molecule has 5 atom stereocenters. The Morgan fingerprint density at radius 3 is 1.94 bits per heavy atom. The second-order valence-electron chi connectivity index (χ2n) is 3.57. The highest BCUT2D eigenvalue weighted by atomic mass is 16.5. The number of carbonyl (C=O) groups is 1. The zero-order valence-electron chi connectivity index (χ0n) is 9.30. The highest BCUT2D eigenvalue weighted by Gasteiger charge is 2.34. The van der Waals surface area contributed by atoms with Crippen molar-refractivity contribution in [1.29, 1.82) is 0 Å². The van der Waals surface area contributed by atoms with Gasteiger partial charge in [-0.05, 0) is 6.92 Å². The van der Waals surface area contributed by atoms with Crippen molar-refractivity contribution in [2.24, 2.45) is 0 Å². The summed E-state index contributed by atoms with van der Waals surface area (Å²) >= 11 is 0. The molecule has 17 heavy (non-hydrogen) atoms. The van der Waals surface area contributed by atoms with E-state index in [9.17, 15) is 20.1 Å². The number of carboxylic acids is 1. The van der Waals surface area contributed by atoms with Crippen molar-refractivity contribution in [3.05, 3.63) is 0 Å². The molecule has 8 heteroatoms. The molecule has 0 heterocycles. The van der Waals surface area contributed by atoms with Crippen molar-refractivity contribution in [3.63, 3.8) is 0 Å². The average molecular weight is 254 g/mol. The first-order valence-electron chi connectivity index (χ1n) is 4.99. The van der Waals surface area contributed by atoms with Crippen molar-refractivity contribution in [3.8, 4) is 0 Å². The van der Waals surface area contributed by atoms with E-state index in [0.717, 1.165) is 6.92 Å². The Bertz CT molecular complexity index is 233. The molecule has 0 saturated heterocycles. The maximum Gasteiger partial charge on any atom is 0.332 e. The fourth-order valence-corrected chi connectivity index (χ4v) is 1.12. The first-order chi connectivity index (χ1) is 7.84. The van der Waals surface area contributed by atoms with Gasteiger partial charge in [0.15, 0.2) is 6.10 Å². The number of aliphatic hydroxyl groups is 5. The highest BCUT2D eigenvalue weighted by Crippen LogP contribution is 2.12. The number of aliphatic carboxylic acids is 1. The summed E-state index contributed by atoms with van der Waals surface area (Å²) in [4.78, 5) is 10.5. The van der Waals surface area contributed by atoms with Gasteiger partial charge in [0.2, 0.25) is 0 Å². The van der Waals surface area contributed by atoms with Crippen LogP contribution in [0.1, 0.15) is 6.92 Å². The SMILES string of the molecule is C[C@H](O[C@@H]([C@H](O)[C@H](O)CO)[C@@H](O)CO)C(=O)O. The molecule has 0 aromatic heterocycles. The van der Waals surface area contributed by atoms with E-state index < -0.39 is 49.7 Å². The van der Waals surface area contributed by atoms with Crippen LogP contribution in [0.25, 0.3) is 0 Å². The van der Waals surface area contributed by atoms with E-state index in [-0.39, 0.29) is 0 Å². The van der Waals surface area contributed by atoms with Gasteiger partial charge < -0.3 is 35.4 Å². The highest BCUT2D eigenvalue weighted by molar-refractivity contribution is 5.71. The lowest BCUT2D eigenvalue weighted by atomic mass is 10.0. The second-order valence-corrected chi connectivity index (χ2v) is 3.57. The molecule has 8 nitrogen and oxygen atoms in total. The van der Waals surface area contributed by atoms with Gasteiger partial charge in [-0.15, -0.1) is 0 Å². The predicted molar refractivity (Wildman–Crippen MR) is 54.2 cm³/mol. The molecule has 0 amide bonds. The monoisotopic (exact) mass is 254 g/mol. The third kappa shape index (κ3) is 4.94. The molecule has 6 N–H and O–H groups in total. The molecule has 102 valence electrons. The van der Waals surface area contributed by atoms with Gasteiger partial charge in [0.25, 0.3) is 0 Å². The van der Waals surface area contributed by atoms with Crippen molar-refractivity contribution >= 4 is 5.97 Å². The van der Waals surface area contributed by atoms with Gasteiger partial charge in [-0.25, -0.2) is 4.79 Å². The van der Waals surface area contributed by atoms with Gasteiger partial charge in [-0.1, -0.05) is 0 Å². The van der Waals surface area contributed by atoms with Gasteiger partial charge >= 0.3 is 5.97 Å². The zero-order valence-corrected chi connectivity index (χ0v) is 9.30. The van der Waals surface area contributed by atoms with Crippen LogP contribution >= 0.6 is 0 Å². The normalized spacial score (nSPS) is 20.4. The van der Waals surface area contributed by atoms with E-state index in [1.54, 1.807) is 0 Å². The van der Waals surface area contributed by atoms with Gasteiger partial charge in [0.1, 0.15) is 24.4 Å². The van der Waals surface area contributed by atoms with Crippen LogP contribution in [0.3, 0.4) is 0 Å². The fraction of sp³-hybridized carbons (Fsp3) is 0.889. The Labute approximate surface area is 97.7 Å². The summed E-state index contributed by atoms with van der Waals surface area (Å²) in [7, 11) is 0. The number of aliphatic hydroxyl groups excluding tert-OH is 5. The summed E-state index contributed by atoms with van der Waals surface area (Å²) < 4.78 is 4.82. The molecule has 0 aliphatic carbocycles.